The smallest absolute Gasteiger partial charge is 0.339 e. The number of carbonyl (C=O) groups excluding carboxylic acids is 1. The summed E-state index contributed by atoms with van der Waals surface area (Å²) in [6.45, 7) is 9.78. The molecule has 1 aliphatic rings. The number of ether oxygens (including phenoxy) is 1. The normalized spacial score (nSPS) is 15.6. The number of ketones is 1. The first-order chi connectivity index (χ1) is 17.3. The van der Waals surface area contributed by atoms with E-state index < -0.39 is 5.63 Å². The standard InChI is InChI=1S/C31H37NO4/c1-20(2)8-10-23-17-24(11-9-21(23)3)28(33)19-26-18-25-12-13-29(22(4)30(25)36-31(26)34)35-16-14-27-7-5-6-15-32-27/h8-9,11-13,17-18,27,32H,5-7,10,14-16,19H2,1-4H3. The number of Topliss-reactive ketones (excluding diaryl/α,β-unsaturated/α-hetero) is 1. The van der Waals surface area contributed by atoms with Crippen molar-refractivity contribution in [2.75, 3.05) is 13.2 Å². The molecule has 0 bridgehead atoms. The molecule has 1 aliphatic heterocycles. The summed E-state index contributed by atoms with van der Waals surface area (Å²) in [4.78, 5) is 25.9. The Bertz CT molecular complexity index is 1320. The fourth-order valence-electron chi connectivity index (χ4n) is 4.76. The Morgan fingerprint density at radius 3 is 2.69 bits per heavy atom. The second kappa shape index (κ2) is 11.7. The number of nitrogens with one attached hydrogen (secondary N) is 1. The Morgan fingerprint density at radius 1 is 1.11 bits per heavy atom. The summed E-state index contributed by atoms with van der Waals surface area (Å²) in [7, 11) is 0. The van der Waals surface area contributed by atoms with Crippen LogP contribution in [-0.4, -0.2) is 25.0 Å². The van der Waals surface area contributed by atoms with E-state index >= 15 is 0 Å². The van der Waals surface area contributed by atoms with Crippen LogP contribution in [0.4, 0.5) is 0 Å². The number of carbonyl (C=O) groups is 1. The zero-order chi connectivity index (χ0) is 25.7. The lowest BCUT2D eigenvalue weighted by molar-refractivity contribution is 0.0992. The highest BCUT2D eigenvalue weighted by molar-refractivity contribution is 5.98. The number of hydrogen-bond donors (Lipinski definition) is 1. The predicted molar refractivity (Wildman–Crippen MR) is 145 cm³/mol. The minimum atomic E-state index is -0.473. The van der Waals surface area contributed by atoms with Crippen molar-refractivity contribution < 1.29 is 13.9 Å². The van der Waals surface area contributed by atoms with E-state index in [9.17, 15) is 9.59 Å². The Balaban J connectivity index is 1.48. The number of allylic oxidation sites excluding steroid dienone is 2. The van der Waals surface area contributed by atoms with Crippen LogP contribution >= 0.6 is 0 Å². The van der Waals surface area contributed by atoms with Gasteiger partial charge in [-0.1, -0.05) is 30.2 Å². The summed E-state index contributed by atoms with van der Waals surface area (Å²) in [5.74, 6) is 0.641. The molecule has 1 aromatic heterocycles. The number of fused-ring (bicyclic) bond motifs is 1. The quantitative estimate of drug-likeness (QED) is 0.219. The number of benzene rings is 2. The molecule has 190 valence electrons. The van der Waals surface area contributed by atoms with Crippen LogP contribution in [0.3, 0.4) is 0 Å². The molecule has 36 heavy (non-hydrogen) atoms. The van der Waals surface area contributed by atoms with Crippen LogP contribution in [0.1, 0.15) is 72.1 Å². The van der Waals surface area contributed by atoms with E-state index in [4.69, 9.17) is 9.15 Å². The average Bonchev–Trinajstić information content (AvgIpc) is 2.86. The highest BCUT2D eigenvalue weighted by atomic mass is 16.5. The van der Waals surface area contributed by atoms with Crippen LogP contribution in [0.5, 0.6) is 5.75 Å². The van der Waals surface area contributed by atoms with Crippen molar-refractivity contribution in [2.45, 2.75) is 72.3 Å². The summed E-state index contributed by atoms with van der Waals surface area (Å²) < 4.78 is 11.7. The SMILES string of the molecule is CC(C)=CCc1cc(C(=O)Cc2cc3ccc(OCCC4CCCCN4)c(C)c3oc2=O)ccc1C. The molecule has 3 aromatic rings. The van der Waals surface area contributed by atoms with Gasteiger partial charge >= 0.3 is 5.63 Å². The number of hydrogen-bond acceptors (Lipinski definition) is 5. The molecule has 0 spiro atoms. The summed E-state index contributed by atoms with van der Waals surface area (Å²) in [5.41, 5.74) is 5.35. The predicted octanol–water partition coefficient (Wildman–Crippen LogP) is 6.25. The first-order valence-corrected chi connectivity index (χ1v) is 13.0. The Labute approximate surface area is 213 Å². The molecule has 1 saturated heterocycles. The van der Waals surface area contributed by atoms with Gasteiger partial charge in [0.15, 0.2) is 5.78 Å². The minimum absolute atomic E-state index is 0.00903. The van der Waals surface area contributed by atoms with E-state index in [0.29, 0.717) is 29.4 Å². The van der Waals surface area contributed by atoms with Gasteiger partial charge in [0, 0.05) is 34.5 Å². The van der Waals surface area contributed by atoms with Gasteiger partial charge < -0.3 is 14.5 Å². The van der Waals surface area contributed by atoms with Gasteiger partial charge in [0.05, 0.1) is 6.61 Å². The van der Waals surface area contributed by atoms with Crippen molar-refractivity contribution in [3.05, 3.63) is 86.3 Å². The topological polar surface area (TPSA) is 68.5 Å². The molecule has 1 atom stereocenters. The molecule has 5 heteroatoms. The van der Waals surface area contributed by atoms with Crippen molar-refractivity contribution in [1.82, 2.24) is 5.32 Å². The first-order valence-electron chi connectivity index (χ1n) is 13.0. The molecular weight excluding hydrogens is 450 g/mol. The lowest BCUT2D eigenvalue weighted by Crippen LogP contribution is -2.35. The molecule has 5 nitrogen and oxygen atoms in total. The summed E-state index contributed by atoms with van der Waals surface area (Å²) in [6, 6.07) is 11.9. The number of piperidine rings is 1. The van der Waals surface area contributed by atoms with Gasteiger partial charge in [-0.25, -0.2) is 4.79 Å². The molecular formula is C31H37NO4. The Morgan fingerprint density at radius 2 is 1.94 bits per heavy atom. The van der Waals surface area contributed by atoms with Crippen molar-refractivity contribution in [2.24, 2.45) is 0 Å². The van der Waals surface area contributed by atoms with Gasteiger partial charge in [-0.2, -0.15) is 0 Å². The van der Waals surface area contributed by atoms with Gasteiger partial charge in [-0.15, -0.1) is 0 Å². The molecule has 2 heterocycles. The fourth-order valence-corrected chi connectivity index (χ4v) is 4.76. The van der Waals surface area contributed by atoms with E-state index in [-0.39, 0.29) is 12.2 Å². The highest BCUT2D eigenvalue weighted by Gasteiger charge is 2.16. The molecule has 0 amide bonds. The van der Waals surface area contributed by atoms with Crippen LogP contribution in [0.2, 0.25) is 0 Å². The Kier molecular flexibility index (Phi) is 8.42. The third-order valence-corrected chi connectivity index (χ3v) is 7.06. The van der Waals surface area contributed by atoms with Crippen LogP contribution in [0.25, 0.3) is 11.0 Å². The van der Waals surface area contributed by atoms with Crippen molar-refractivity contribution in [3.63, 3.8) is 0 Å². The van der Waals surface area contributed by atoms with Gasteiger partial charge in [0.2, 0.25) is 0 Å². The van der Waals surface area contributed by atoms with Crippen LogP contribution in [0.15, 0.2) is 57.3 Å². The molecule has 1 N–H and O–H groups in total. The fraction of sp³-hybridized carbons (Fsp3) is 0.419. The van der Waals surface area contributed by atoms with E-state index in [0.717, 1.165) is 47.2 Å². The van der Waals surface area contributed by atoms with Gasteiger partial charge in [0.25, 0.3) is 0 Å². The molecule has 4 rings (SSSR count). The second-order valence-corrected chi connectivity index (χ2v) is 10.2. The minimum Gasteiger partial charge on any atom is -0.493 e. The molecule has 0 saturated carbocycles. The average molecular weight is 488 g/mol. The maximum Gasteiger partial charge on any atom is 0.339 e. The van der Waals surface area contributed by atoms with Gasteiger partial charge in [-0.3, -0.25) is 4.79 Å². The van der Waals surface area contributed by atoms with Crippen molar-refractivity contribution in [1.29, 1.82) is 0 Å². The zero-order valence-corrected chi connectivity index (χ0v) is 21.9. The van der Waals surface area contributed by atoms with E-state index in [1.54, 1.807) is 6.07 Å². The molecule has 2 aromatic carbocycles. The molecule has 0 radical (unpaired) electrons. The van der Waals surface area contributed by atoms with E-state index in [1.807, 2.05) is 44.2 Å². The first kappa shape index (κ1) is 25.9. The van der Waals surface area contributed by atoms with E-state index in [1.165, 1.54) is 24.8 Å². The highest BCUT2D eigenvalue weighted by Crippen LogP contribution is 2.27. The lowest BCUT2D eigenvalue weighted by Gasteiger charge is -2.23. The summed E-state index contributed by atoms with van der Waals surface area (Å²) in [6.07, 6.45) is 7.61. The maximum absolute atomic E-state index is 13.1. The Hall–Kier alpha value is -3.18. The number of aryl methyl sites for hydroxylation is 2. The van der Waals surface area contributed by atoms with E-state index in [2.05, 4.69) is 25.2 Å². The van der Waals surface area contributed by atoms with Crippen LogP contribution in [-0.2, 0) is 12.8 Å². The van der Waals surface area contributed by atoms with Crippen LogP contribution < -0.4 is 15.7 Å². The monoisotopic (exact) mass is 487 g/mol. The summed E-state index contributed by atoms with van der Waals surface area (Å²) >= 11 is 0. The van der Waals surface area contributed by atoms with Gasteiger partial charge in [0.1, 0.15) is 11.3 Å². The van der Waals surface area contributed by atoms with Crippen LogP contribution in [0, 0.1) is 13.8 Å². The van der Waals surface area contributed by atoms with Crippen molar-refractivity contribution in [3.8, 4) is 5.75 Å². The lowest BCUT2D eigenvalue weighted by atomic mass is 9.97. The summed E-state index contributed by atoms with van der Waals surface area (Å²) in [5, 5.41) is 4.33. The maximum atomic E-state index is 13.1. The molecule has 0 aliphatic carbocycles. The number of rotatable bonds is 9. The molecule has 1 unspecified atom stereocenters. The molecule has 1 fully saturated rings. The second-order valence-electron chi connectivity index (χ2n) is 10.2. The zero-order valence-electron chi connectivity index (χ0n) is 21.9. The third kappa shape index (κ3) is 6.33. The largest absolute Gasteiger partial charge is 0.493 e. The van der Waals surface area contributed by atoms with Gasteiger partial charge in [-0.05, 0) is 95.3 Å². The van der Waals surface area contributed by atoms with Crippen molar-refractivity contribution >= 4 is 16.8 Å². The third-order valence-electron chi connectivity index (χ3n) is 7.06.